The van der Waals surface area contributed by atoms with Crippen LogP contribution in [0, 0.1) is 14.8 Å². The minimum absolute atomic E-state index is 0.203. The Balaban J connectivity index is 1.74. The van der Waals surface area contributed by atoms with Gasteiger partial charge < -0.3 is 10.6 Å². The van der Waals surface area contributed by atoms with E-state index >= 15 is 0 Å². The van der Waals surface area contributed by atoms with E-state index in [0.717, 1.165) is 9.87 Å². The number of aryl methyl sites for hydroxylation is 1. The van der Waals surface area contributed by atoms with E-state index in [1.807, 2.05) is 28.7 Å². The molecule has 1 aromatic carbocycles. The van der Waals surface area contributed by atoms with E-state index in [1.165, 1.54) is 19.3 Å². The van der Waals surface area contributed by atoms with Gasteiger partial charge in [-0.05, 0) is 78.1 Å². The number of aromatic nitrogens is 1. The van der Waals surface area contributed by atoms with Gasteiger partial charge in [0.2, 0.25) is 16.0 Å². The van der Waals surface area contributed by atoms with Gasteiger partial charge in [-0.15, -0.1) is 0 Å². The molecule has 0 unspecified atom stereocenters. The molecular weight excluding hydrogens is 536 g/mol. The number of pyridine rings is 1. The van der Waals surface area contributed by atoms with Crippen LogP contribution in [0.15, 0.2) is 30.5 Å². The van der Waals surface area contributed by atoms with Gasteiger partial charge in [0.25, 0.3) is 5.91 Å². The van der Waals surface area contributed by atoms with Gasteiger partial charge in [-0.1, -0.05) is 6.07 Å². The third kappa shape index (κ3) is 3.67. The van der Waals surface area contributed by atoms with Gasteiger partial charge >= 0.3 is 0 Å². The third-order valence-corrected chi connectivity index (χ3v) is 8.90. The van der Waals surface area contributed by atoms with Gasteiger partial charge in [0.05, 0.1) is 5.54 Å². The normalized spacial score (nSPS) is 24.5. The van der Waals surface area contributed by atoms with E-state index in [2.05, 4.69) is 15.6 Å². The van der Waals surface area contributed by atoms with E-state index in [0.29, 0.717) is 34.1 Å². The van der Waals surface area contributed by atoms with Crippen LogP contribution in [0.1, 0.15) is 41.4 Å². The van der Waals surface area contributed by atoms with Crippen molar-refractivity contribution in [1.82, 2.24) is 14.6 Å². The summed E-state index contributed by atoms with van der Waals surface area (Å²) in [7, 11) is -2.36. The maximum Gasteiger partial charge on any atom is 0.277 e. The molecule has 2 aliphatic rings. The molecule has 3 N–H and O–H groups in total. The topological polar surface area (TPSA) is 115 Å². The van der Waals surface area contributed by atoms with Crippen LogP contribution in [-0.4, -0.2) is 41.9 Å². The summed E-state index contributed by atoms with van der Waals surface area (Å²) >= 11 is 1.91. The predicted molar refractivity (Wildman–Crippen MR) is 123 cm³/mol. The van der Waals surface area contributed by atoms with Crippen LogP contribution < -0.4 is 10.6 Å². The van der Waals surface area contributed by atoms with Gasteiger partial charge in [0, 0.05) is 22.5 Å². The summed E-state index contributed by atoms with van der Waals surface area (Å²) in [5.41, 5.74) is 0.685. The first-order chi connectivity index (χ1) is 14.5. The van der Waals surface area contributed by atoms with E-state index in [9.17, 15) is 17.6 Å². The van der Waals surface area contributed by atoms with Gasteiger partial charge in [0.15, 0.2) is 11.5 Å². The summed E-state index contributed by atoms with van der Waals surface area (Å²) in [4.78, 5) is 16.4. The largest absolute Gasteiger partial charge is 0.345 e. The Kier molecular flexibility index (Phi) is 5.44. The van der Waals surface area contributed by atoms with E-state index in [4.69, 9.17) is 5.41 Å². The maximum atomic E-state index is 14.1. The predicted octanol–water partition coefficient (Wildman–Crippen LogP) is 2.80. The van der Waals surface area contributed by atoms with Crippen LogP contribution in [0.25, 0.3) is 0 Å². The van der Waals surface area contributed by atoms with Crippen molar-refractivity contribution < 1.29 is 17.6 Å². The van der Waals surface area contributed by atoms with Crippen molar-refractivity contribution in [2.75, 3.05) is 12.4 Å². The first-order valence-electron chi connectivity index (χ1n) is 9.64. The summed E-state index contributed by atoms with van der Waals surface area (Å²) in [6.07, 6.45) is 3.20. The fourth-order valence-corrected chi connectivity index (χ4v) is 6.65. The summed E-state index contributed by atoms with van der Waals surface area (Å²) in [5.74, 6) is -1.62. The van der Waals surface area contributed by atoms with Crippen molar-refractivity contribution in [1.29, 1.82) is 5.41 Å². The number of halogens is 2. The van der Waals surface area contributed by atoms with Gasteiger partial charge in [-0.3, -0.25) is 10.2 Å². The molecule has 1 amide bonds. The lowest BCUT2D eigenvalue weighted by atomic mass is 9.85. The number of rotatable bonds is 2. The number of carbonyl (C=O) groups is 1. The summed E-state index contributed by atoms with van der Waals surface area (Å²) in [6, 6.07) is 6.48. The molecule has 0 radical (unpaired) electrons. The molecule has 1 aliphatic carbocycles. The quantitative estimate of drug-likeness (QED) is 0.492. The molecule has 1 saturated heterocycles. The van der Waals surface area contributed by atoms with Crippen molar-refractivity contribution >= 4 is 50.2 Å². The van der Waals surface area contributed by atoms with Crippen molar-refractivity contribution in [3.05, 3.63) is 56.7 Å². The van der Waals surface area contributed by atoms with E-state index in [-0.39, 0.29) is 11.7 Å². The van der Waals surface area contributed by atoms with Crippen molar-refractivity contribution in [3.8, 4) is 0 Å². The zero-order valence-electron chi connectivity index (χ0n) is 16.9. The Morgan fingerprint density at radius 2 is 2.16 bits per heavy atom. The Bertz CT molecular complexity index is 1210. The number of fused-ring (bicyclic) bond motifs is 3. The van der Waals surface area contributed by atoms with Crippen LogP contribution in [0.4, 0.5) is 10.1 Å². The van der Waals surface area contributed by atoms with Crippen LogP contribution in [0.2, 0.25) is 0 Å². The van der Waals surface area contributed by atoms with Crippen molar-refractivity contribution in [2.24, 2.45) is 0 Å². The zero-order valence-corrected chi connectivity index (χ0v) is 19.8. The molecule has 11 heteroatoms. The molecule has 8 nitrogen and oxygen atoms in total. The molecule has 2 aromatic rings. The molecule has 31 heavy (non-hydrogen) atoms. The second-order valence-electron chi connectivity index (χ2n) is 7.88. The fraction of sp³-hybridized carbons (Fsp3) is 0.350. The molecule has 164 valence electrons. The number of anilines is 1. The number of guanidine groups is 1. The number of hydrogen-bond acceptors (Lipinski definition) is 5. The Morgan fingerprint density at radius 1 is 1.42 bits per heavy atom. The molecule has 0 bridgehead atoms. The van der Waals surface area contributed by atoms with Crippen LogP contribution in [0.5, 0.6) is 0 Å². The second kappa shape index (κ2) is 7.69. The Labute approximate surface area is 193 Å². The smallest absolute Gasteiger partial charge is 0.277 e. The minimum atomic E-state index is -3.73. The number of nitrogens with zero attached hydrogens (tertiary/aromatic N) is 2. The molecule has 2 heterocycles. The van der Waals surface area contributed by atoms with Crippen molar-refractivity contribution in [3.63, 3.8) is 0 Å². The van der Waals surface area contributed by atoms with Crippen LogP contribution in [-0.2, 0) is 22.0 Å². The van der Waals surface area contributed by atoms with Crippen LogP contribution >= 0.6 is 22.6 Å². The summed E-state index contributed by atoms with van der Waals surface area (Å²) in [5, 5.41) is 13.1. The Morgan fingerprint density at radius 3 is 2.87 bits per heavy atom. The van der Waals surface area contributed by atoms with E-state index in [1.54, 1.807) is 19.1 Å². The standard InChI is InChI=1S/C20H21FIN5O3S/c1-20-14-9-13(25-18(28)17-15(21)8-12(22)10-24-17)7-6-11(14)4-3-5-16(20)31(29,30)27(2)19(23)26-20/h6-10,16H,3-5H2,1-2H3,(H2,23,26)(H,25,28)/t16-,20+/m0/s1. The third-order valence-electron chi connectivity index (χ3n) is 5.94. The highest BCUT2D eigenvalue weighted by Gasteiger charge is 2.52. The lowest BCUT2D eigenvalue weighted by Crippen LogP contribution is -2.65. The first kappa shape index (κ1) is 21.9. The summed E-state index contributed by atoms with van der Waals surface area (Å²) < 4.78 is 41.8. The fourth-order valence-electron chi connectivity index (χ4n) is 4.31. The molecule has 1 aromatic heterocycles. The highest BCUT2D eigenvalue weighted by molar-refractivity contribution is 14.1. The molecular formula is C20H21FIN5O3S. The molecule has 4 rings (SSSR count). The number of benzene rings is 1. The highest BCUT2D eigenvalue weighted by Crippen LogP contribution is 2.42. The molecule has 1 fully saturated rings. The van der Waals surface area contributed by atoms with Crippen molar-refractivity contribution in [2.45, 2.75) is 37.0 Å². The Hall–Kier alpha value is -2.28. The van der Waals surface area contributed by atoms with Gasteiger partial charge in [0.1, 0.15) is 5.25 Å². The lowest BCUT2D eigenvalue weighted by Gasteiger charge is -2.46. The number of nitrogens with one attached hydrogen (secondary N) is 3. The number of carbonyl (C=O) groups excluding carboxylic acids is 1. The lowest BCUT2D eigenvalue weighted by molar-refractivity contribution is 0.101. The number of hydrogen-bond donors (Lipinski definition) is 3. The second-order valence-corrected chi connectivity index (χ2v) is 11.3. The SMILES string of the molecule is CN1C(=N)N[C@]2(C)c3cc(NC(=O)c4ncc(I)cc4F)ccc3CCC[C@@H]2S1(=O)=O. The maximum absolute atomic E-state index is 14.1. The average molecular weight is 557 g/mol. The average Bonchev–Trinajstić information content (AvgIpc) is 2.83. The zero-order chi connectivity index (χ0) is 22.6. The summed E-state index contributed by atoms with van der Waals surface area (Å²) in [6.45, 7) is 1.77. The molecule has 1 aliphatic heterocycles. The molecule has 2 atom stereocenters. The number of sulfonamides is 1. The van der Waals surface area contributed by atoms with E-state index < -0.39 is 32.5 Å². The van der Waals surface area contributed by atoms with Gasteiger partial charge in [-0.2, -0.15) is 0 Å². The number of amides is 1. The highest BCUT2D eigenvalue weighted by atomic mass is 127. The molecule has 0 saturated carbocycles. The monoisotopic (exact) mass is 557 g/mol. The first-order valence-corrected chi connectivity index (χ1v) is 12.2. The van der Waals surface area contributed by atoms with Gasteiger partial charge in [-0.25, -0.2) is 22.1 Å². The van der Waals surface area contributed by atoms with Crippen LogP contribution in [0.3, 0.4) is 0 Å². The molecule has 0 spiro atoms. The minimum Gasteiger partial charge on any atom is -0.345 e.